The molecule has 0 aromatic heterocycles. The van der Waals surface area contributed by atoms with E-state index in [1.165, 1.54) is 24.1 Å². The van der Waals surface area contributed by atoms with Gasteiger partial charge in [-0.2, -0.15) is 0 Å². The van der Waals surface area contributed by atoms with Crippen LogP contribution in [0.4, 0.5) is 5.69 Å². The molecule has 2 atom stereocenters. The molecule has 0 unspecified atom stereocenters. The molecule has 0 bridgehead atoms. The molecule has 0 radical (unpaired) electrons. The number of nitrogens with zero attached hydrogens (tertiary/aromatic N) is 2. The number of carbonyl (C=O) groups is 2. The summed E-state index contributed by atoms with van der Waals surface area (Å²) in [5, 5.41) is 2.94. The van der Waals surface area contributed by atoms with Crippen molar-refractivity contribution in [3.05, 3.63) is 90.5 Å². The standard InChI is InChI=1S/C30H37N3O5S/c1-5-23(2)31-30(35)24(3)32(21-20-25-12-8-6-9-13-25)29(34)22-33(26-14-10-7-11-15-26)39(36,37)28-18-16-27(38-4)17-19-28/h6-19,23-24H,5,20-22H2,1-4H3,(H,31,35)/t23-,24-/m1/s1. The maximum Gasteiger partial charge on any atom is 0.264 e. The van der Waals surface area contributed by atoms with Crippen molar-refractivity contribution in [1.82, 2.24) is 10.2 Å². The van der Waals surface area contributed by atoms with Gasteiger partial charge in [-0.25, -0.2) is 8.42 Å². The van der Waals surface area contributed by atoms with Gasteiger partial charge in [0.15, 0.2) is 0 Å². The molecule has 0 fully saturated rings. The summed E-state index contributed by atoms with van der Waals surface area (Å²) in [6.07, 6.45) is 1.27. The smallest absolute Gasteiger partial charge is 0.264 e. The van der Waals surface area contributed by atoms with Gasteiger partial charge in [-0.15, -0.1) is 0 Å². The molecule has 9 heteroatoms. The van der Waals surface area contributed by atoms with E-state index in [2.05, 4.69) is 5.32 Å². The number of carbonyl (C=O) groups excluding carboxylic acids is 2. The van der Waals surface area contributed by atoms with E-state index in [9.17, 15) is 18.0 Å². The fourth-order valence-corrected chi connectivity index (χ4v) is 5.45. The van der Waals surface area contributed by atoms with E-state index in [0.717, 1.165) is 16.3 Å². The van der Waals surface area contributed by atoms with Crippen LogP contribution in [0.1, 0.15) is 32.8 Å². The Labute approximate surface area is 231 Å². The average Bonchev–Trinajstić information content (AvgIpc) is 2.96. The number of anilines is 1. The Balaban J connectivity index is 1.94. The normalized spacial score (nSPS) is 12.7. The van der Waals surface area contributed by atoms with Gasteiger partial charge >= 0.3 is 0 Å². The molecule has 1 N–H and O–H groups in total. The van der Waals surface area contributed by atoms with Crippen molar-refractivity contribution < 1.29 is 22.7 Å². The molecule has 0 saturated carbocycles. The Hall–Kier alpha value is -3.85. The molecule has 0 aliphatic carbocycles. The predicted octanol–water partition coefficient (Wildman–Crippen LogP) is 4.27. The number of nitrogens with one attached hydrogen (secondary N) is 1. The van der Waals surface area contributed by atoms with Gasteiger partial charge in [0, 0.05) is 12.6 Å². The molecule has 2 amide bonds. The van der Waals surface area contributed by atoms with E-state index < -0.39 is 28.5 Å². The lowest BCUT2D eigenvalue weighted by Crippen LogP contribution is -2.53. The maximum atomic E-state index is 13.8. The lowest BCUT2D eigenvalue weighted by atomic mass is 10.1. The quantitative estimate of drug-likeness (QED) is 0.342. The van der Waals surface area contributed by atoms with Gasteiger partial charge in [-0.3, -0.25) is 13.9 Å². The zero-order chi connectivity index (χ0) is 28.4. The summed E-state index contributed by atoms with van der Waals surface area (Å²) in [5.74, 6) is -0.238. The molecule has 3 aromatic carbocycles. The van der Waals surface area contributed by atoms with Crippen LogP contribution in [-0.2, 0) is 26.0 Å². The van der Waals surface area contributed by atoms with Gasteiger partial charge in [-0.05, 0) is 68.7 Å². The van der Waals surface area contributed by atoms with E-state index >= 15 is 0 Å². The van der Waals surface area contributed by atoms with Crippen LogP contribution in [0.25, 0.3) is 0 Å². The lowest BCUT2D eigenvalue weighted by Gasteiger charge is -2.32. The zero-order valence-electron chi connectivity index (χ0n) is 22.9. The minimum atomic E-state index is -4.11. The van der Waals surface area contributed by atoms with Crippen LogP contribution >= 0.6 is 0 Å². The summed E-state index contributed by atoms with van der Waals surface area (Å²) in [6.45, 7) is 5.33. The SMILES string of the molecule is CC[C@@H](C)NC(=O)[C@@H](C)N(CCc1ccccc1)C(=O)CN(c1ccccc1)S(=O)(=O)c1ccc(OC)cc1. The van der Waals surface area contributed by atoms with Crippen molar-refractivity contribution in [2.45, 2.75) is 50.6 Å². The second kappa shape index (κ2) is 13.8. The number of sulfonamides is 1. The van der Waals surface area contributed by atoms with E-state index in [4.69, 9.17) is 4.74 Å². The highest BCUT2D eigenvalue weighted by Crippen LogP contribution is 2.25. The summed E-state index contributed by atoms with van der Waals surface area (Å²) in [7, 11) is -2.61. The first-order valence-corrected chi connectivity index (χ1v) is 14.5. The molecule has 0 aliphatic rings. The second-order valence-electron chi connectivity index (χ2n) is 9.34. The van der Waals surface area contributed by atoms with Gasteiger partial charge in [0.2, 0.25) is 11.8 Å². The topological polar surface area (TPSA) is 96.0 Å². The van der Waals surface area contributed by atoms with E-state index in [1.807, 2.05) is 44.2 Å². The molecule has 8 nitrogen and oxygen atoms in total. The van der Waals surface area contributed by atoms with Crippen LogP contribution in [0.2, 0.25) is 0 Å². The highest BCUT2D eigenvalue weighted by atomic mass is 32.2. The second-order valence-corrected chi connectivity index (χ2v) is 11.2. The zero-order valence-corrected chi connectivity index (χ0v) is 23.7. The van der Waals surface area contributed by atoms with Crippen molar-refractivity contribution in [3.8, 4) is 5.75 Å². The Kier molecular flexibility index (Phi) is 10.5. The van der Waals surface area contributed by atoms with E-state index in [-0.39, 0.29) is 23.4 Å². The number of methoxy groups -OCH3 is 1. The highest BCUT2D eigenvalue weighted by Gasteiger charge is 2.32. The summed E-state index contributed by atoms with van der Waals surface area (Å²) in [5.41, 5.74) is 1.36. The molecule has 0 saturated heterocycles. The summed E-state index contributed by atoms with van der Waals surface area (Å²) >= 11 is 0. The number of benzene rings is 3. The third-order valence-corrected chi connectivity index (χ3v) is 8.41. The van der Waals surface area contributed by atoms with Crippen LogP contribution in [0, 0.1) is 0 Å². The number of para-hydroxylation sites is 1. The number of hydrogen-bond donors (Lipinski definition) is 1. The van der Waals surface area contributed by atoms with Crippen LogP contribution in [0.15, 0.2) is 89.8 Å². The van der Waals surface area contributed by atoms with Crippen molar-refractivity contribution in [2.75, 3.05) is 24.5 Å². The monoisotopic (exact) mass is 551 g/mol. The van der Waals surface area contributed by atoms with Crippen molar-refractivity contribution in [1.29, 1.82) is 0 Å². The first kappa shape index (κ1) is 29.7. The molecule has 3 rings (SSSR count). The molecule has 208 valence electrons. The number of rotatable bonds is 13. The average molecular weight is 552 g/mol. The van der Waals surface area contributed by atoms with Gasteiger partial charge in [0.1, 0.15) is 18.3 Å². The fraction of sp³-hybridized carbons (Fsp3) is 0.333. The van der Waals surface area contributed by atoms with Gasteiger partial charge in [0.05, 0.1) is 17.7 Å². The van der Waals surface area contributed by atoms with Crippen molar-refractivity contribution >= 4 is 27.5 Å². The van der Waals surface area contributed by atoms with Crippen LogP contribution in [-0.4, -0.2) is 57.4 Å². The van der Waals surface area contributed by atoms with Crippen molar-refractivity contribution in [3.63, 3.8) is 0 Å². The highest BCUT2D eigenvalue weighted by molar-refractivity contribution is 7.92. The van der Waals surface area contributed by atoms with Gasteiger partial charge in [0.25, 0.3) is 10.0 Å². The Bertz CT molecular complexity index is 1320. The molecule has 0 spiro atoms. The van der Waals surface area contributed by atoms with Crippen LogP contribution < -0.4 is 14.4 Å². The number of hydrogen-bond acceptors (Lipinski definition) is 5. The Morgan fingerprint density at radius 3 is 2.05 bits per heavy atom. The molecule has 0 aliphatic heterocycles. The van der Waals surface area contributed by atoms with Gasteiger partial charge < -0.3 is 15.0 Å². The predicted molar refractivity (Wildman–Crippen MR) is 153 cm³/mol. The summed E-state index contributed by atoms with van der Waals surface area (Å²) in [6, 6.07) is 23.3. The molecule has 3 aromatic rings. The minimum Gasteiger partial charge on any atom is -0.497 e. The molecular formula is C30H37N3O5S. The largest absolute Gasteiger partial charge is 0.497 e. The molecule has 39 heavy (non-hydrogen) atoms. The van der Waals surface area contributed by atoms with Crippen LogP contribution in [0.5, 0.6) is 5.75 Å². The van der Waals surface area contributed by atoms with Crippen LogP contribution in [0.3, 0.4) is 0 Å². The summed E-state index contributed by atoms with van der Waals surface area (Å²) in [4.78, 5) is 28.4. The lowest BCUT2D eigenvalue weighted by molar-refractivity contribution is -0.139. The third kappa shape index (κ3) is 7.83. The van der Waals surface area contributed by atoms with E-state index in [1.54, 1.807) is 49.4 Å². The third-order valence-electron chi connectivity index (χ3n) is 6.62. The Morgan fingerprint density at radius 2 is 1.49 bits per heavy atom. The maximum absolute atomic E-state index is 13.8. The first-order valence-electron chi connectivity index (χ1n) is 13.0. The summed E-state index contributed by atoms with van der Waals surface area (Å²) < 4.78 is 33.8. The van der Waals surface area contributed by atoms with Crippen molar-refractivity contribution in [2.24, 2.45) is 0 Å². The number of amides is 2. The number of ether oxygens (including phenoxy) is 1. The fourth-order valence-electron chi connectivity index (χ4n) is 4.03. The minimum absolute atomic E-state index is 0.0263. The Morgan fingerprint density at radius 1 is 0.897 bits per heavy atom. The van der Waals surface area contributed by atoms with E-state index in [0.29, 0.717) is 17.9 Å². The molecular weight excluding hydrogens is 514 g/mol. The van der Waals surface area contributed by atoms with Gasteiger partial charge in [-0.1, -0.05) is 55.5 Å². The first-order chi connectivity index (χ1) is 18.7. The molecule has 0 heterocycles.